The SMILES string of the molecule is O=S(=O)(CC(F)(F)F)C(=C1C(F)=C(F)c2c(F)c(F)c(F)c(F)c2C1F)S(=O)(=O)CC(F)(F)F. The van der Waals surface area contributed by atoms with E-state index < -0.39 is 106 Å². The van der Waals surface area contributed by atoms with Crippen LogP contribution in [-0.4, -0.2) is 40.7 Å². The Kier molecular flexibility index (Phi) is 6.92. The van der Waals surface area contributed by atoms with Crippen molar-refractivity contribution in [3.05, 3.63) is 50.0 Å². The van der Waals surface area contributed by atoms with Crippen LogP contribution in [0.2, 0.25) is 0 Å². The molecule has 0 aromatic heterocycles. The third kappa shape index (κ3) is 5.03. The predicted octanol–water partition coefficient (Wildman–Crippen LogP) is 5.04. The van der Waals surface area contributed by atoms with E-state index in [0.29, 0.717) is 0 Å². The van der Waals surface area contributed by atoms with E-state index in [4.69, 9.17) is 0 Å². The molecule has 1 atom stereocenters. The molecule has 0 saturated heterocycles. The van der Waals surface area contributed by atoms with Crippen LogP contribution in [0.1, 0.15) is 17.3 Å². The van der Waals surface area contributed by atoms with Crippen molar-refractivity contribution in [1.29, 1.82) is 0 Å². The Morgan fingerprint density at radius 2 is 1.03 bits per heavy atom. The molecule has 192 valence electrons. The van der Waals surface area contributed by atoms with Gasteiger partial charge in [0.2, 0.25) is 0 Å². The summed E-state index contributed by atoms with van der Waals surface area (Å²) >= 11 is 0. The molecule has 1 unspecified atom stereocenters. The van der Waals surface area contributed by atoms with Crippen LogP contribution in [0.5, 0.6) is 0 Å². The first-order chi connectivity index (χ1) is 15.0. The van der Waals surface area contributed by atoms with Crippen LogP contribution >= 0.6 is 0 Å². The molecular weight excluding hydrogens is 555 g/mol. The highest BCUT2D eigenvalue weighted by Crippen LogP contribution is 2.50. The van der Waals surface area contributed by atoms with E-state index >= 15 is 0 Å². The van der Waals surface area contributed by atoms with Crippen molar-refractivity contribution in [3.8, 4) is 0 Å². The molecule has 0 spiro atoms. The van der Waals surface area contributed by atoms with Crippen LogP contribution in [0.15, 0.2) is 15.6 Å². The number of allylic oxidation sites excluding steroid dienone is 2. The second-order valence-electron chi connectivity index (χ2n) is 6.48. The van der Waals surface area contributed by atoms with E-state index in [-0.39, 0.29) is 0 Å². The lowest BCUT2D eigenvalue weighted by molar-refractivity contribution is -0.107. The molecule has 0 amide bonds. The summed E-state index contributed by atoms with van der Waals surface area (Å²) in [5.74, 6) is -24.4. The van der Waals surface area contributed by atoms with Crippen molar-refractivity contribution in [2.75, 3.05) is 11.5 Å². The molecule has 19 heteroatoms. The molecular formula is C15H5F13O4S2. The average molecular weight is 560 g/mol. The second-order valence-corrected chi connectivity index (χ2v) is 10.6. The smallest absolute Gasteiger partial charge is 0.237 e. The second kappa shape index (κ2) is 8.42. The lowest BCUT2D eigenvalue weighted by Crippen LogP contribution is -2.33. The number of fused-ring (bicyclic) bond motifs is 1. The Balaban J connectivity index is 3.13. The minimum absolute atomic E-state index is 2.38. The first-order valence-electron chi connectivity index (χ1n) is 7.92. The van der Waals surface area contributed by atoms with E-state index in [2.05, 4.69) is 0 Å². The first-order valence-corrected chi connectivity index (χ1v) is 11.2. The number of rotatable bonds is 4. The van der Waals surface area contributed by atoms with Crippen molar-refractivity contribution >= 4 is 25.5 Å². The highest BCUT2D eigenvalue weighted by atomic mass is 32.3. The Morgan fingerprint density at radius 1 is 0.647 bits per heavy atom. The fourth-order valence-electron chi connectivity index (χ4n) is 2.87. The maximum absolute atomic E-state index is 14.9. The molecule has 0 N–H and O–H groups in total. The van der Waals surface area contributed by atoms with Crippen molar-refractivity contribution in [3.63, 3.8) is 0 Å². The topological polar surface area (TPSA) is 68.3 Å². The summed E-state index contributed by atoms with van der Waals surface area (Å²) in [5, 5.41) is 0. The van der Waals surface area contributed by atoms with Crippen molar-refractivity contribution in [1.82, 2.24) is 0 Å². The highest BCUT2D eigenvalue weighted by Gasteiger charge is 2.51. The van der Waals surface area contributed by atoms with Crippen LogP contribution in [0.25, 0.3) is 5.83 Å². The Hall–Kier alpha value is -2.31. The van der Waals surface area contributed by atoms with Crippen LogP contribution < -0.4 is 0 Å². The van der Waals surface area contributed by atoms with Gasteiger partial charge in [0.05, 0.1) is 11.1 Å². The third-order valence-electron chi connectivity index (χ3n) is 3.95. The van der Waals surface area contributed by atoms with Gasteiger partial charge in [0.15, 0.2) is 76.5 Å². The van der Waals surface area contributed by atoms with Crippen LogP contribution in [0, 0.1) is 23.3 Å². The average Bonchev–Trinajstić information content (AvgIpc) is 2.60. The molecule has 0 fully saturated rings. The highest BCUT2D eigenvalue weighted by molar-refractivity contribution is 8.14. The minimum Gasteiger partial charge on any atom is -0.237 e. The molecule has 1 aliphatic carbocycles. The van der Waals surface area contributed by atoms with Crippen LogP contribution in [0.3, 0.4) is 0 Å². The number of halogens is 13. The molecule has 2 rings (SSSR count). The molecule has 0 bridgehead atoms. The molecule has 34 heavy (non-hydrogen) atoms. The quantitative estimate of drug-likeness (QED) is 0.294. The summed E-state index contributed by atoms with van der Waals surface area (Å²) < 4.78 is 219. The van der Waals surface area contributed by atoms with Crippen molar-refractivity contribution in [2.24, 2.45) is 0 Å². The summed E-state index contributed by atoms with van der Waals surface area (Å²) in [4.78, 5) is 0. The van der Waals surface area contributed by atoms with Gasteiger partial charge < -0.3 is 0 Å². The van der Waals surface area contributed by atoms with E-state index in [1.54, 1.807) is 0 Å². The molecule has 0 saturated carbocycles. The molecule has 4 nitrogen and oxygen atoms in total. The van der Waals surface area contributed by atoms with Gasteiger partial charge in [0.25, 0.3) is 0 Å². The molecule has 1 aliphatic rings. The van der Waals surface area contributed by atoms with Gasteiger partial charge in [-0.3, -0.25) is 0 Å². The van der Waals surface area contributed by atoms with E-state index in [0.717, 1.165) is 0 Å². The fourth-order valence-corrected chi connectivity index (χ4v) is 6.95. The van der Waals surface area contributed by atoms with E-state index in [9.17, 15) is 73.9 Å². The zero-order valence-corrected chi connectivity index (χ0v) is 17.0. The largest absolute Gasteiger partial charge is 0.403 e. The Morgan fingerprint density at radius 3 is 1.41 bits per heavy atom. The molecule has 1 aromatic carbocycles. The molecule has 0 heterocycles. The van der Waals surface area contributed by atoms with Gasteiger partial charge in [-0.05, 0) is 0 Å². The van der Waals surface area contributed by atoms with Crippen LogP contribution in [0.4, 0.5) is 57.1 Å². The number of benzene rings is 1. The normalized spacial score (nSPS) is 17.8. The Bertz CT molecular complexity index is 1270. The van der Waals surface area contributed by atoms with Gasteiger partial charge in [-0.1, -0.05) is 0 Å². The zero-order valence-electron chi connectivity index (χ0n) is 15.4. The fraction of sp³-hybridized carbons (Fsp3) is 0.333. The maximum atomic E-state index is 14.9. The van der Waals surface area contributed by atoms with Crippen molar-refractivity contribution < 1.29 is 73.9 Å². The summed E-state index contributed by atoms with van der Waals surface area (Å²) in [7, 11) is -13.5. The maximum Gasteiger partial charge on any atom is 0.403 e. The third-order valence-corrected chi connectivity index (χ3v) is 8.46. The molecule has 1 aromatic rings. The van der Waals surface area contributed by atoms with Gasteiger partial charge in [0.1, 0.15) is 0 Å². The predicted molar refractivity (Wildman–Crippen MR) is 86.0 cm³/mol. The van der Waals surface area contributed by atoms with Crippen molar-refractivity contribution in [2.45, 2.75) is 18.5 Å². The van der Waals surface area contributed by atoms with Crippen LogP contribution in [-0.2, 0) is 19.7 Å². The van der Waals surface area contributed by atoms with Gasteiger partial charge in [-0.25, -0.2) is 47.6 Å². The van der Waals surface area contributed by atoms with E-state index in [1.807, 2.05) is 0 Å². The first kappa shape index (κ1) is 27.9. The summed E-state index contributed by atoms with van der Waals surface area (Å²) in [6, 6.07) is 0. The lowest BCUT2D eigenvalue weighted by atomic mass is 9.89. The van der Waals surface area contributed by atoms with Gasteiger partial charge in [-0.15, -0.1) is 0 Å². The number of sulfone groups is 2. The number of alkyl halides is 7. The van der Waals surface area contributed by atoms with Gasteiger partial charge in [-0.2, -0.15) is 26.3 Å². The van der Waals surface area contributed by atoms with Gasteiger partial charge in [0, 0.05) is 5.56 Å². The Labute approximate surface area is 180 Å². The zero-order chi connectivity index (χ0) is 26.8. The number of hydrogen-bond acceptors (Lipinski definition) is 4. The molecule has 0 radical (unpaired) electrons. The summed E-state index contributed by atoms with van der Waals surface area (Å²) in [6.45, 7) is 0. The standard InChI is InChI=1S/C15H5F13O4S2/c16-6-3-4(9(19)12(22)11(21)8(3)18)7(17)10(20)5(6)13(33(29,30)1-14(23,24)25)34(31,32)2-15(26,27)28/h6H,1-2H2. The minimum atomic E-state index is -6.74. The molecule has 0 aliphatic heterocycles. The van der Waals surface area contributed by atoms with Gasteiger partial charge >= 0.3 is 12.4 Å². The lowest BCUT2D eigenvalue weighted by Gasteiger charge is -2.25. The monoisotopic (exact) mass is 560 g/mol. The van der Waals surface area contributed by atoms with E-state index in [1.165, 1.54) is 0 Å². The summed E-state index contributed by atoms with van der Waals surface area (Å²) in [5.41, 5.74) is -7.79. The number of hydrogen-bond donors (Lipinski definition) is 0. The summed E-state index contributed by atoms with van der Waals surface area (Å²) in [6.07, 6.45) is -16.1.